The van der Waals surface area contributed by atoms with Gasteiger partial charge in [0, 0.05) is 6.54 Å². The van der Waals surface area contributed by atoms with Gasteiger partial charge in [-0.1, -0.05) is 30.3 Å². The molecule has 81 valence electrons. The third kappa shape index (κ3) is 3.07. The fraction of sp³-hybridized carbons (Fsp3) is 0.571. The molecule has 1 aliphatic carbocycles. The Hall–Kier alpha value is -0.820. The van der Waals surface area contributed by atoms with Gasteiger partial charge >= 0.3 is 0 Å². The third-order valence-electron chi connectivity index (χ3n) is 3.62. The lowest BCUT2D eigenvalue weighted by atomic mass is 9.79. The Labute approximate surface area is 92.7 Å². The minimum Gasteiger partial charge on any atom is -0.258 e. The normalized spacial score (nSPS) is 26.5. The molecule has 0 amide bonds. The van der Waals surface area contributed by atoms with Crippen molar-refractivity contribution < 1.29 is 0 Å². The van der Waals surface area contributed by atoms with Crippen LogP contribution in [0, 0.1) is 11.8 Å². The molecule has 0 aliphatic heterocycles. The summed E-state index contributed by atoms with van der Waals surface area (Å²) >= 11 is 0. The van der Waals surface area contributed by atoms with E-state index in [0.717, 1.165) is 5.92 Å². The summed E-state index contributed by atoms with van der Waals surface area (Å²) in [6.45, 7) is 0.637. The van der Waals surface area contributed by atoms with Crippen molar-refractivity contribution >= 4 is 0 Å². The van der Waals surface area contributed by atoms with Gasteiger partial charge in [-0.3, -0.25) is 5.73 Å². The van der Waals surface area contributed by atoms with Crippen LogP contribution in [0.5, 0.6) is 0 Å². The van der Waals surface area contributed by atoms with Gasteiger partial charge in [0.2, 0.25) is 0 Å². The van der Waals surface area contributed by atoms with E-state index >= 15 is 0 Å². The summed E-state index contributed by atoms with van der Waals surface area (Å²) in [6, 6.07) is 10.8. The molecule has 2 rings (SSSR count). The number of benzene rings is 1. The van der Waals surface area contributed by atoms with Crippen molar-refractivity contribution in [2.24, 2.45) is 11.8 Å². The lowest BCUT2D eigenvalue weighted by Crippen LogP contribution is -2.19. The molecule has 1 aromatic carbocycles. The summed E-state index contributed by atoms with van der Waals surface area (Å²) in [5.41, 5.74) is 8.86. The highest BCUT2D eigenvalue weighted by atomic mass is 14.5. The number of hydrogen-bond acceptors (Lipinski definition) is 0. The van der Waals surface area contributed by atoms with Crippen LogP contribution in [0.25, 0.3) is 0 Å². The molecule has 1 fully saturated rings. The molecular weight excluding hydrogens is 182 g/mol. The highest BCUT2D eigenvalue weighted by Gasteiger charge is 2.20. The van der Waals surface area contributed by atoms with Crippen LogP contribution in [0.1, 0.15) is 31.2 Å². The van der Waals surface area contributed by atoms with Crippen molar-refractivity contribution in [2.75, 3.05) is 6.54 Å². The second-order valence-corrected chi connectivity index (χ2v) is 4.78. The largest absolute Gasteiger partial charge is 0.258 e. The number of rotatable bonds is 3. The first kappa shape index (κ1) is 10.7. The van der Waals surface area contributed by atoms with Gasteiger partial charge in [-0.2, -0.15) is 0 Å². The summed E-state index contributed by atoms with van der Waals surface area (Å²) in [5.74, 6) is 1.56. The highest BCUT2D eigenvalue weighted by Crippen LogP contribution is 2.30. The minimum absolute atomic E-state index is 0.637. The first-order valence-corrected chi connectivity index (χ1v) is 6.07. The quantitative estimate of drug-likeness (QED) is 0.718. The van der Waals surface area contributed by atoms with Gasteiger partial charge in [0.15, 0.2) is 0 Å². The summed E-state index contributed by atoms with van der Waals surface area (Å²) in [4.78, 5) is 0. The molecular formula is C14H20N. The minimum atomic E-state index is 0.637. The van der Waals surface area contributed by atoms with Gasteiger partial charge in [0.25, 0.3) is 0 Å². The zero-order valence-electron chi connectivity index (χ0n) is 9.28. The van der Waals surface area contributed by atoms with Crippen molar-refractivity contribution in [3.05, 3.63) is 35.9 Å². The summed E-state index contributed by atoms with van der Waals surface area (Å²) in [7, 11) is 0. The molecule has 0 atom stereocenters. The lowest BCUT2D eigenvalue weighted by Gasteiger charge is -2.27. The Balaban J connectivity index is 1.82. The predicted molar refractivity (Wildman–Crippen MR) is 63.6 cm³/mol. The Kier molecular flexibility index (Phi) is 3.79. The van der Waals surface area contributed by atoms with Crippen LogP contribution in [0.3, 0.4) is 0 Å². The Morgan fingerprint density at radius 2 is 1.53 bits per heavy atom. The standard InChI is InChI=1S/C14H20N/c15-11-14-8-6-13(7-9-14)10-12-4-2-1-3-5-12/h1-5,13-15H,6-11H2. The summed E-state index contributed by atoms with van der Waals surface area (Å²) in [6.07, 6.45) is 6.46. The molecule has 15 heavy (non-hydrogen) atoms. The van der Waals surface area contributed by atoms with E-state index in [0.29, 0.717) is 12.5 Å². The molecule has 1 radical (unpaired) electrons. The maximum absolute atomic E-state index is 7.38. The van der Waals surface area contributed by atoms with Crippen molar-refractivity contribution in [3.63, 3.8) is 0 Å². The lowest BCUT2D eigenvalue weighted by molar-refractivity contribution is 0.277. The molecule has 1 saturated carbocycles. The first-order chi connectivity index (χ1) is 7.38. The molecule has 0 spiro atoms. The maximum Gasteiger partial charge on any atom is 0.0128 e. The molecule has 0 bridgehead atoms. The molecule has 1 N–H and O–H groups in total. The predicted octanol–water partition coefficient (Wildman–Crippen LogP) is 3.32. The van der Waals surface area contributed by atoms with Crippen LogP contribution in [0.2, 0.25) is 0 Å². The van der Waals surface area contributed by atoms with Crippen LogP contribution in [-0.2, 0) is 6.42 Å². The van der Waals surface area contributed by atoms with Crippen molar-refractivity contribution in [1.82, 2.24) is 5.73 Å². The summed E-state index contributed by atoms with van der Waals surface area (Å²) in [5, 5.41) is 0. The van der Waals surface area contributed by atoms with E-state index in [2.05, 4.69) is 30.3 Å². The monoisotopic (exact) mass is 202 g/mol. The Morgan fingerprint density at radius 1 is 0.933 bits per heavy atom. The molecule has 1 aromatic rings. The van der Waals surface area contributed by atoms with Crippen LogP contribution >= 0.6 is 0 Å². The SMILES string of the molecule is [NH]CC1CCC(Cc2ccccc2)CC1. The molecule has 0 aromatic heterocycles. The fourth-order valence-corrected chi connectivity index (χ4v) is 2.59. The van der Waals surface area contributed by atoms with Gasteiger partial charge in [-0.15, -0.1) is 0 Å². The second-order valence-electron chi connectivity index (χ2n) is 4.78. The average Bonchev–Trinajstić information content (AvgIpc) is 2.31. The van der Waals surface area contributed by atoms with E-state index in [-0.39, 0.29) is 0 Å². The summed E-state index contributed by atoms with van der Waals surface area (Å²) < 4.78 is 0. The average molecular weight is 202 g/mol. The van der Waals surface area contributed by atoms with Crippen LogP contribution in [0.4, 0.5) is 0 Å². The third-order valence-corrected chi connectivity index (χ3v) is 3.62. The number of nitrogens with one attached hydrogen (secondary N) is 1. The Morgan fingerprint density at radius 3 is 2.13 bits per heavy atom. The van der Waals surface area contributed by atoms with Gasteiger partial charge in [-0.05, 0) is 49.5 Å². The Bertz CT molecular complexity index is 273. The van der Waals surface area contributed by atoms with Crippen LogP contribution in [0.15, 0.2) is 30.3 Å². The maximum atomic E-state index is 7.38. The molecule has 1 aliphatic rings. The highest BCUT2D eigenvalue weighted by molar-refractivity contribution is 5.15. The van der Waals surface area contributed by atoms with E-state index in [1.165, 1.54) is 37.7 Å². The smallest absolute Gasteiger partial charge is 0.0128 e. The molecule has 0 unspecified atom stereocenters. The first-order valence-electron chi connectivity index (χ1n) is 6.07. The van der Waals surface area contributed by atoms with E-state index in [1.54, 1.807) is 0 Å². The van der Waals surface area contributed by atoms with E-state index in [1.807, 2.05) is 0 Å². The van der Waals surface area contributed by atoms with Gasteiger partial charge in [0.05, 0.1) is 0 Å². The molecule has 1 nitrogen and oxygen atoms in total. The van der Waals surface area contributed by atoms with Crippen molar-refractivity contribution in [1.29, 1.82) is 0 Å². The van der Waals surface area contributed by atoms with E-state index in [4.69, 9.17) is 5.73 Å². The topological polar surface area (TPSA) is 23.8 Å². The second kappa shape index (κ2) is 5.32. The van der Waals surface area contributed by atoms with E-state index < -0.39 is 0 Å². The van der Waals surface area contributed by atoms with Crippen molar-refractivity contribution in [2.45, 2.75) is 32.1 Å². The number of hydrogen-bond donors (Lipinski definition) is 0. The molecule has 0 saturated heterocycles. The van der Waals surface area contributed by atoms with Gasteiger partial charge < -0.3 is 0 Å². The van der Waals surface area contributed by atoms with Gasteiger partial charge in [0.1, 0.15) is 0 Å². The van der Waals surface area contributed by atoms with Gasteiger partial charge in [-0.25, -0.2) is 0 Å². The zero-order chi connectivity index (χ0) is 10.5. The molecule has 1 heteroatoms. The fourth-order valence-electron chi connectivity index (χ4n) is 2.59. The van der Waals surface area contributed by atoms with Crippen LogP contribution < -0.4 is 5.73 Å². The van der Waals surface area contributed by atoms with Crippen LogP contribution in [-0.4, -0.2) is 6.54 Å². The molecule has 0 heterocycles. The zero-order valence-corrected chi connectivity index (χ0v) is 9.28. The van der Waals surface area contributed by atoms with E-state index in [9.17, 15) is 0 Å². The van der Waals surface area contributed by atoms with Crippen molar-refractivity contribution in [3.8, 4) is 0 Å².